The van der Waals surface area contributed by atoms with Crippen molar-refractivity contribution in [1.29, 1.82) is 0 Å². The highest BCUT2D eigenvalue weighted by Gasteiger charge is 2.14. The molecule has 0 amide bonds. The summed E-state index contributed by atoms with van der Waals surface area (Å²) in [5.74, 6) is 2.30. The fourth-order valence-corrected chi connectivity index (χ4v) is 2.77. The van der Waals surface area contributed by atoms with Crippen molar-refractivity contribution in [3.05, 3.63) is 48.8 Å². The minimum Gasteiger partial charge on any atom is -0.497 e. The van der Waals surface area contributed by atoms with Crippen LogP contribution in [0, 0.1) is 0 Å². The van der Waals surface area contributed by atoms with Gasteiger partial charge in [0.2, 0.25) is 0 Å². The molecule has 0 saturated heterocycles. The Balaban J connectivity index is 2.25. The van der Waals surface area contributed by atoms with E-state index in [1.54, 1.807) is 21.3 Å². The predicted molar refractivity (Wildman–Crippen MR) is 90.2 cm³/mol. The standard InChI is InChI=1S/C19H20NO3/c1-20-11-14-9-18(22-3)19(23-4)10-16(14)17(12-20)13-5-7-15(21-2)8-6-13/h5-12H,1-4H3/q+1. The van der Waals surface area contributed by atoms with E-state index in [2.05, 4.69) is 24.5 Å². The summed E-state index contributed by atoms with van der Waals surface area (Å²) in [6, 6.07) is 12.1. The third-order valence-corrected chi connectivity index (χ3v) is 3.92. The number of fused-ring (bicyclic) bond motifs is 1. The lowest BCUT2D eigenvalue weighted by Crippen LogP contribution is -2.26. The molecule has 0 fully saturated rings. The average molecular weight is 310 g/mol. The second-order valence-electron chi connectivity index (χ2n) is 5.36. The van der Waals surface area contributed by atoms with Crippen molar-refractivity contribution in [3.8, 4) is 28.4 Å². The lowest BCUT2D eigenvalue weighted by molar-refractivity contribution is -0.669. The summed E-state index contributed by atoms with van der Waals surface area (Å²) in [5, 5.41) is 2.21. The number of rotatable bonds is 4. The van der Waals surface area contributed by atoms with Gasteiger partial charge in [0.1, 0.15) is 12.8 Å². The second kappa shape index (κ2) is 6.16. The summed E-state index contributed by atoms with van der Waals surface area (Å²) in [7, 11) is 6.99. The van der Waals surface area contributed by atoms with Crippen molar-refractivity contribution in [3.63, 3.8) is 0 Å². The molecular formula is C19H20NO3+. The summed E-state index contributed by atoms with van der Waals surface area (Å²) in [4.78, 5) is 0. The summed E-state index contributed by atoms with van der Waals surface area (Å²) in [5.41, 5.74) is 2.26. The highest BCUT2D eigenvalue weighted by molar-refractivity contribution is 5.97. The largest absolute Gasteiger partial charge is 0.497 e. The van der Waals surface area contributed by atoms with Gasteiger partial charge < -0.3 is 14.2 Å². The van der Waals surface area contributed by atoms with Crippen molar-refractivity contribution in [1.82, 2.24) is 0 Å². The number of nitrogens with zero attached hydrogens (tertiary/aromatic N) is 1. The fraction of sp³-hybridized carbons (Fsp3) is 0.211. The van der Waals surface area contributed by atoms with E-state index < -0.39 is 0 Å². The molecular weight excluding hydrogens is 290 g/mol. The van der Waals surface area contributed by atoms with Crippen LogP contribution in [0.3, 0.4) is 0 Å². The monoisotopic (exact) mass is 310 g/mol. The third-order valence-electron chi connectivity index (χ3n) is 3.92. The van der Waals surface area contributed by atoms with Crippen molar-refractivity contribution < 1.29 is 18.8 Å². The van der Waals surface area contributed by atoms with Gasteiger partial charge in [-0.15, -0.1) is 0 Å². The van der Waals surface area contributed by atoms with Gasteiger partial charge >= 0.3 is 0 Å². The summed E-state index contributed by atoms with van der Waals surface area (Å²) in [6.45, 7) is 0. The van der Waals surface area contributed by atoms with Crippen LogP contribution >= 0.6 is 0 Å². The molecule has 0 aliphatic rings. The molecule has 3 aromatic rings. The molecule has 1 aromatic heterocycles. The SMILES string of the molecule is COc1ccc(-c2c[n+](C)cc3cc(OC)c(OC)cc23)cc1. The first-order valence-electron chi connectivity index (χ1n) is 7.35. The maximum Gasteiger partial charge on any atom is 0.177 e. The molecule has 3 rings (SSSR count). The van der Waals surface area contributed by atoms with E-state index in [-0.39, 0.29) is 0 Å². The highest BCUT2D eigenvalue weighted by atomic mass is 16.5. The van der Waals surface area contributed by atoms with E-state index in [0.29, 0.717) is 0 Å². The number of benzene rings is 2. The molecule has 0 atom stereocenters. The molecule has 4 nitrogen and oxygen atoms in total. The quantitative estimate of drug-likeness (QED) is 0.693. The van der Waals surface area contributed by atoms with Gasteiger partial charge in [0.15, 0.2) is 23.9 Å². The molecule has 1 heterocycles. The molecule has 0 spiro atoms. The lowest BCUT2D eigenvalue weighted by Gasteiger charge is -2.11. The van der Waals surface area contributed by atoms with Gasteiger partial charge in [-0.2, -0.15) is 0 Å². The van der Waals surface area contributed by atoms with E-state index in [9.17, 15) is 0 Å². The van der Waals surface area contributed by atoms with Crippen molar-refractivity contribution in [2.45, 2.75) is 0 Å². The highest BCUT2D eigenvalue weighted by Crippen LogP contribution is 2.36. The van der Waals surface area contributed by atoms with Gasteiger partial charge in [-0.1, -0.05) is 12.1 Å². The van der Waals surface area contributed by atoms with E-state index >= 15 is 0 Å². The van der Waals surface area contributed by atoms with Gasteiger partial charge in [0.05, 0.1) is 32.3 Å². The van der Waals surface area contributed by atoms with Gasteiger partial charge in [0.25, 0.3) is 0 Å². The molecule has 118 valence electrons. The first kappa shape index (κ1) is 15.2. The number of aryl methyl sites for hydroxylation is 1. The molecule has 23 heavy (non-hydrogen) atoms. The van der Waals surface area contributed by atoms with Crippen LogP contribution in [-0.2, 0) is 7.05 Å². The molecule has 0 saturated carbocycles. The van der Waals surface area contributed by atoms with E-state index in [0.717, 1.165) is 39.1 Å². The number of ether oxygens (including phenoxy) is 3. The molecule has 0 N–H and O–H groups in total. The average Bonchev–Trinajstić information content (AvgIpc) is 2.59. The topological polar surface area (TPSA) is 31.6 Å². The summed E-state index contributed by atoms with van der Waals surface area (Å²) < 4.78 is 18.2. The zero-order valence-corrected chi connectivity index (χ0v) is 13.8. The Hall–Kier alpha value is -2.75. The zero-order valence-electron chi connectivity index (χ0n) is 13.8. The third kappa shape index (κ3) is 2.80. The van der Waals surface area contributed by atoms with Crippen LogP contribution in [0.5, 0.6) is 17.2 Å². The molecule has 0 bridgehead atoms. The maximum atomic E-state index is 5.45. The van der Waals surface area contributed by atoms with Crippen LogP contribution in [0.2, 0.25) is 0 Å². The predicted octanol–water partition coefficient (Wildman–Crippen LogP) is 3.36. The Morgan fingerprint density at radius 3 is 2.04 bits per heavy atom. The van der Waals surface area contributed by atoms with Crippen LogP contribution in [0.15, 0.2) is 48.8 Å². The van der Waals surface area contributed by atoms with E-state index in [1.165, 1.54) is 0 Å². The Kier molecular flexibility index (Phi) is 4.06. The maximum absolute atomic E-state index is 5.45. The van der Waals surface area contributed by atoms with Gasteiger partial charge in [0, 0.05) is 5.39 Å². The van der Waals surface area contributed by atoms with Crippen LogP contribution < -0.4 is 18.8 Å². The summed E-state index contributed by atoms with van der Waals surface area (Å²) >= 11 is 0. The van der Waals surface area contributed by atoms with Crippen LogP contribution in [-0.4, -0.2) is 21.3 Å². The molecule has 0 aliphatic carbocycles. The number of hydrogen-bond donors (Lipinski definition) is 0. The van der Waals surface area contributed by atoms with Gasteiger partial charge in [-0.05, 0) is 29.8 Å². The molecule has 0 unspecified atom stereocenters. The van der Waals surface area contributed by atoms with Crippen molar-refractivity contribution in [2.75, 3.05) is 21.3 Å². The molecule has 4 heteroatoms. The Labute approximate surface area is 135 Å². The molecule has 0 radical (unpaired) electrons. The second-order valence-corrected chi connectivity index (χ2v) is 5.36. The van der Waals surface area contributed by atoms with Crippen LogP contribution in [0.4, 0.5) is 0 Å². The van der Waals surface area contributed by atoms with Crippen LogP contribution in [0.25, 0.3) is 21.9 Å². The minimum atomic E-state index is 0.726. The first-order chi connectivity index (χ1) is 11.2. The minimum absolute atomic E-state index is 0.726. The lowest BCUT2D eigenvalue weighted by atomic mass is 10.00. The smallest absolute Gasteiger partial charge is 0.177 e. The Morgan fingerprint density at radius 2 is 1.43 bits per heavy atom. The first-order valence-corrected chi connectivity index (χ1v) is 7.35. The zero-order chi connectivity index (χ0) is 16.4. The van der Waals surface area contributed by atoms with Gasteiger partial charge in [-0.3, -0.25) is 0 Å². The Morgan fingerprint density at radius 1 is 0.783 bits per heavy atom. The molecule has 2 aromatic carbocycles. The Bertz CT molecular complexity index is 841. The number of hydrogen-bond acceptors (Lipinski definition) is 3. The van der Waals surface area contributed by atoms with Crippen LogP contribution in [0.1, 0.15) is 0 Å². The number of methoxy groups -OCH3 is 3. The fourth-order valence-electron chi connectivity index (χ4n) is 2.77. The van der Waals surface area contributed by atoms with Gasteiger partial charge in [-0.25, -0.2) is 4.57 Å². The normalized spacial score (nSPS) is 10.6. The number of aromatic nitrogens is 1. The van der Waals surface area contributed by atoms with E-state index in [4.69, 9.17) is 14.2 Å². The summed E-state index contributed by atoms with van der Waals surface area (Å²) in [6.07, 6.45) is 4.18. The number of pyridine rings is 1. The van der Waals surface area contributed by atoms with Crippen molar-refractivity contribution >= 4 is 10.8 Å². The van der Waals surface area contributed by atoms with Crippen molar-refractivity contribution in [2.24, 2.45) is 7.05 Å². The molecule has 0 aliphatic heterocycles. The van der Waals surface area contributed by atoms with E-state index in [1.807, 2.05) is 35.9 Å².